The number of nitrogen functional groups attached to an aromatic ring is 1. The highest BCUT2D eigenvalue weighted by atomic mass is 16.5. The van der Waals surface area contributed by atoms with Crippen LogP contribution >= 0.6 is 0 Å². The fourth-order valence-electron chi connectivity index (χ4n) is 3.17. The summed E-state index contributed by atoms with van der Waals surface area (Å²) in [5.74, 6) is 0.240. The number of hydrogen-bond acceptors (Lipinski definition) is 6. The van der Waals surface area contributed by atoms with Crippen LogP contribution in [0.2, 0.25) is 0 Å². The van der Waals surface area contributed by atoms with Crippen molar-refractivity contribution in [2.45, 2.75) is 12.0 Å². The molecule has 0 bridgehead atoms. The summed E-state index contributed by atoms with van der Waals surface area (Å²) in [6, 6.07) is 13.0. The molecule has 0 radical (unpaired) electrons. The van der Waals surface area contributed by atoms with Crippen LogP contribution in [0.3, 0.4) is 0 Å². The molecule has 0 aliphatic carbocycles. The van der Waals surface area contributed by atoms with Crippen LogP contribution in [-0.2, 0) is 10.4 Å². The number of likely N-dealkylation sites (N-methyl/N-ethyl adjacent to an activating group) is 1. The van der Waals surface area contributed by atoms with E-state index in [-0.39, 0.29) is 18.1 Å². The molecule has 1 aliphatic heterocycles. The zero-order valence-electron chi connectivity index (χ0n) is 14.2. The minimum atomic E-state index is -1.64. The van der Waals surface area contributed by atoms with Crippen molar-refractivity contribution < 1.29 is 14.4 Å². The molecule has 26 heavy (non-hydrogen) atoms. The normalized spacial score (nSPS) is 19.9. The van der Waals surface area contributed by atoms with E-state index in [0.29, 0.717) is 18.1 Å². The largest absolute Gasteiger partial charge is 0.384 e. The molecule has 7 heteroatoms. The van der Waals surface area contributed by atoms with E-state index in [9.17, 15) is 9.90 Å². The molecule has 1 aromatic carbocycles. The third-order valence-electron chi connectivity index (χ3n) is 4.70. The SMILES string of the molecule is CN1CCC(O)(c2cc(-c3cccc(-c4ccnc(N)c4)c3)no2)C1=O. The van der Waals surface area contributed by atoms with Crippen LogP contribution in [0.15, 0.2) is 53.2 Å². The molecule has 7 nitrogen and oxygen atoms in total. The molecule has 1 aliphatic rings. The van der Waals surface area contributed by atoms with Gasteiger partial charge in [-0.1, -0.05) is 23.4 Å². The molecule has 3 N–H and O–H groups in total. The van der Waals surface area contributed by atoms with Crippen molar-refractivity contribution in [3.8, 4) is 22.4 Å². The fraction of sp³-hybridized carbons (Fsp3) is 0.211. The third-order valence-corrected chi connectivity index (χ3v) is 4.70. The van der Waals surface area contributed by atoms with Gasteiger partial charge < -0.3 is 20.3 Å². The lowest BCUT2D eigenvalue weighted by atomic mass is 9.97. The minimum absolute atomic E-state index is 0.167. The molecular weight excluding hydrogens is 332 g/mol. The summed E-state index contributed by atoms with van der Waals surface area (Å²) >= 11 is 0. The van der Waals surface area contributed by atoms with Gasteiger partial charge >= 0.3 is 0 Å². The highest BCUT2D eigenvalue weighted by Gasteiger charge is 2.48. The molecule has 0 saturated carbocycles. The Labute approximate surface area is 150 Å². The Kier molecular flexibility index (Phi) is 3.73. The maximum atomic E-state index is 12.2. The summed E-state index contributed by atoms with van der Waals surface area (Å²) in [6.07, 6.45) is 1.94. The van der Waals surface area contributed by atoms with Crippen molar-refractivity contribution in [1.82, 2.24) is 15.0 Å². The number of aromatic nitrogens is 2. The van der Waals surface area contributed by atoms with E-state index in [4.69, 9.17) is 10.3 Å². The number of anilines is 1. The second kappa shape index (κ2) is 5.96. The van der Waals surface area contributed by atoms with Gasteiger partial charge in [0.15, 0.2) is 5.76 Å². The monoisotopic (exact) mass is 350 g/mol. The van der Waals surface area contributed by atoms with Gasteiger partial charge in [-0.3, -0.25) is 4.79 Å². The Bertz CT molecular complexity index is 984. The average molecular weight is 350 g/mol. The minimum Gasteiger partial charge on any atom is -0.384 e. The molecule has 1 fully saturated rings. The van der Waals surface area contributed by atoms with Gasteiger partial charge in [0, 0.05) is 37.8 Å². The molecule has 3 heterocycles. The highest BCUT2D eigenvalue weighted by molar-refractivity contribution is 5.87. The van der Waals surface area contributed by atoms with Crippen molar-refractivity contribution in [1.29, 1.82) is 0 Å². The van der Waals surface area contributed by atoms with Crippen LogP contribution in [0.4, 0.5) is 5.82 Å². The van der Waals surface area contributed by atoms with Gasteiger partial charge in [-0.25, -0.2) is 4.98 Å². The number of carbonyl (C=O) groups excluding carboxylic acids is 1. The summed E-state index contributed by atoms with van der Waals surface area (Å²) in [7, 11) is 1.65. The molecule has 132 valence electrons. The first-order chi connectivity index (χ1) is 12.5. The molecule has 1 atom stereocenters. The predicted molar refractivity (Wildman–Crippen MR) is 95.7 cm³/mol. The van der Waals surface area contributed by atoms with E-state index in [2.05, 4.69) is 10.1 Å². The topological polar surface area (TPSA) is 105 Å². The third kappa shape index (κ3) is 2.62. The van der Waals surface area contributed by atoms with Gasteiger partial charge in [0.25, 0.3) is 5.91 Å². The zero-order chi connectivity index (χ0) is 18.3. The van der Waals surface area contributed by atoms with E-state index in [0.717, 1.165) is 16.7 Å². The summed E-state index contributed by atoms with van der Waals surface area (Å²) in [5.41, 5.74) is 7.38. The second-order valence-electron chi connectivity index (χ2n) is 6.46. The summed E-state index contributed by atoms with van der Waals surface area (Å²) in [4.78, 5) is 17.7. The van der Waals surface area contributed by atoms with Crippen LogP contribution in [0, 0.1) is 0 Å². The number of benzene rings is 1. The number of nitrogens with zero attached hydrogens (tertiary/aromatic N) is 3. The molecule has 4 rings (SSSR count). The molecule has 3 aromatic rings. The highest BCUT2D eigenvalue weighted by Crippen LogP contribution is 2.35. The number of carbonyl (C=O) groups is 1. The summed E-state index contributed by atoms with van der Waals surface area (Å²) in [6.45, 7) is 0.477. The summed E-state index contributed by atoms with van der Waals surface area (Å²) < 4.78 is 5.31. The Morgan fingerprint density at radius 1 is 1.19 bits per heavy atom. The van der Waals surface area contributed by atoms with E-state index >= 15 is 0 Å². The Hall–Kier alpha value is -3.19. The second-order valence-corrected chi connectivity index (χ2v) is 6.46. The Morgan fingerprint density at radius 2 is 1.96 bits per heavy atom. The van der Waals surface area contributed by atoms with Crippen LogP contribution in [-0.4, -0.2) is 39.6 Å². The number of rotatable bonds is 3. The molecule has 2 aromatic heterocycles. The van der Waals surface area contributed by atoms with Gasteiger partial charge in [0.1, 0.15) is 11.5 Å². The van der Waals surface area contributed by atoms with E-state index in [1.807, 2.05) is 30.3 Å². The Balaban J connectivity index is 1.69. The van der Waals surface area contributed by atoms with E-state index in [1.165, 1.54) is 4.90 Å². The number of aliphatic hydroxyl groups is 1. The van der Waals surface area contributed by atoms with Crippen molar-refractivity contribution >= 4 is 11.7 Å². The van der Waals surface area contributed by atoms with Crippen LogP contribution in [0.1, 0.15) is 12.2 Å². The first-order valence-corrected chi connectivity index (χ1v) is 8.25. The lowest BCUT2D eigenvalue weighted by Crippen LogP contribution is -2.35. The number of pyridine rings is 1. The lowest BCUT2D eigenvalue weighted by Gasteiger charge is -2.16. The molecule has 1 saturated heterocycles. The predicted octanol–water partition coefficient (Wildman–Crippen LogP) is 2.04. The standard InChI is InChI=1S/C19H18N4O3/c1-23-8-6-19(25,18(23)24)16-11-15(22-26-16)14-4-2-3-12(9-14)13-5-7-21-17(20)10-13/h2-5,7,9-11,25H,6,8H2,1H3,(H2,20,21). The quantitative estimate of drug-likeness (QED) is 0.749. The lowest BCUT2D eigenvalue weighted by molar-refractivity contribution is -0.144. The Morgan fingerprint density at radius 3 is 2.69 bits per heavy atom. The van der Waals surface area contributed by atoms with Crippen molar-refractivity contribution in [2.24, 2.45) is 0 Å². The van der Waals surface area contributed by atoms with Gasteiger partial charge in [0.2, 0.25) is 5.60 Å². The van der Waals surface area contributed by atoms with Crippen LogP contribution < -0.4 is 5.73 Å². The van der Waals surface area contributed by atoms with Crippen molar-refractivity contribution in [3.63, 3.8) is 0 Å². The van der Waals surface area contributed by atoms with Crippen molar-refractivity contribution in [2.75, 3.05) is 19.3 Å². The van der Waals surface area contributed by atoms with Gasteiger partial charge in [-0.2, -0.15) is 0 Å². The van der Waals surface area contributed by atoms with Crippen LogP contribution in [0.25, 0.3) is 22.4 Å². The van der Waals surface area contributed by atoms with Gasteiger partial charge in [-0.15, -0.1) is 0 Å². The average Bonchev–Trinajstić information content (AvgIpc) is 3.25. The number of likely N-dealkylation sites (tertiary alicyclic amines) is 1. The fourth-order valence-corrected chi connectivity index (χ4v) is 3.17. The first-order valence-electron chi connectivity index (χ1n) is 8.25. The molecule has 1 unspecified atom stereocenters. The van der Waals surface area contributed by atoms with Crippen LogP contribution in [0.5, 0.6) is 0 Å². The van der Waals surface area contributed by atoms with Crippen molar-refractivity contribution in [3.05, 3.63) is 54.4 Å². The molecule has 1 amide bonds. The maximum absolute atomic E-state index is 12.2. The first kappa shape index (κ1) is 16.3. The molecule has 0 spiro atoms. The number of nitrogens with two attached hydrogens (primary N) is 1. The number of amides is 1. The zero-order valence-corrected chi connectivity index (χ0v) is 14.2. The smallest absolute Gasteiger partial charge is 0.262 e. The van der Waals surface area contributed by atoms with Gasteiger partial charge in [0.05, 0.1) is 0 Å². The summed E-state index contributed by atoms with van der Waals surface area (Å²) in [5, 5.41) is 14.7. The number of hydrogen-bond donors (Lipinski definition) is 2. The van der Waals surface area contributed by atoms with E-state index in [1.54, 1.807) is 25.4 Å². The maximum Gasteiger partial charge on any atom is 0.262 e. The van der Waals surface area contributed by atoms with Gasteiger partial charge in [-0.05, 0) is 29.3 Å². The van der Waals surface area contributed by atoms with E-state index < -0.39 is 5.60 Å². The molecular formula is C19H18N4O3.